The van der Waals surface area contributed by atoms with Crippen molar-refractivity contribution in [2.24, 2.45) is 13.0 Å². The number of hydrogen-bond acceptors (Lipinski definition) is 8. The van der Waals surface area contributed by atoms with E-state index in [1.165, 1.54) is 10.9 Å². The Kier molecular flexibility index (Phi) is 6.72. The molecule has 4 aromatic rings. The fourth-order valence-corrected chi connectivity index (χ4v) is 6.11. The Bertz CT molecular complexity index is 1730. The van der Waals surface area contributed by atoms with E-state index in [4.69, 9.17) is 9.15 Å². The number of anilines is 2. The average Bonchev–Trinajstić information content (AvgIpc) is 3.16. The Morgan fingerprint density at radius 3 is 2.73 bits per heavy atom. The number of piperidine rings is 1. The first kappa shape index (κ1) is 26.5. The van der Waals surface area contributed by atoms with Gasteiger partial charge in [0.1, 0.15) is 23.6 Å². The number of ether oxygens (including phenoxy) is 1. The second kappa shape index (κ2) is 10.4. The van der Waals surface area contributed by atoms with Crippen molar-refractivity contribution in [1.82, 2.24) is 19.4 Å². The molecule has 2 aromatic carbocycles. The van der Waals surface area contributed by atoms with Crippen LogP contribution in [0.25, 0.3) is 11.1 Å². The zero-order valence-electron chi connectivity index (χ0n) is 23.5. The predicted molar refractivity (Wildman–Crippen MR) is 154 cm³/mol. The Morgan fingerprint density at radius 2 is 1.95 bits per heavy atom. The van der Waals surface area contributed by atoms with E-state index >= 15 is 0 Å². The molecule has 2 aliphatic heterocycles. The van der Waals surface area contributed by atoms with Gasteiger partial charge in [0.25, 0.3) is 0 Å². The number of methoxy groups -OCH3 is 1. The molecule has 4 heterocycles. The zero-order chi connectivity index (χ0) is 28.8. The minimum absolute atomic E-state index is 0.0700. The Morgan fingerprint density at radius 1 is 1.12 bits per heavy atom. The van der Waals surface area contributed by atoms with Gasteiger partial charge in [-0.25, -0.2) is 19.6 Å². The summed E-state index contributed by atoms with van der Waals surface area (Å²) in [6, 6.07) is 10.8. The number of carbonyl (C=O) groups excluding carboxylic acids is 2. The quantitative estimate of drug-likeness (QED) is 0.369. The molecule has 1 fully saturated rings. The maximum Gasteiger partial charge on any atom is 0.419 e. The van der Waals surface area contributed by atoms with Crippen molar-refractivity contribution >= 4 is 34.4 Å². The first-order chi connectivity index (χ1) is 19.7. The number of hydrogen-bond donors (Lipinski definition) is 1. The maximum absolute atomic E-state index is 13.4. The summed E-state index contributed by atoms with van der Waals surface area (Å²) in [7, 11) is 3.28. The van der Waals surface area contributed by atoms with Crippen LogP contribution in [-0.2, 0) is 13.5 Å². The van der Waals surface area contributed by atoms with Crippen LogP contribution in [0.5, 0.6) is 5.75 Å². The first-order valence-corrected chi connectivity index (χ1v) is 13.7. The number of oxazole rings is 1. The van der Waals surface area contributed by atoms with Crippen molar-refractivity contribution < 1.29 is 18.7 Å². The van der Waals surface area contributed by atoms with Gasteiger partial charge in [0.2, 0.25) is 5.78 Å². The lowest BCUT2D eigenvalue weighted by atomic mass is 9.92. The van der Waals surface area contributed by atoms with Gasteiger partial charge >= 0.3 is 11.8 Å². The molecule has 212 valence electrons. The number of benzene rings is 2. The van der Waals surface area contributed by atoms with Gasteiger partial charge < -0.3 is 24.3 Å². The van der Waals surface area contributed by atoms with E-state index in [2.05, 4.69) is 27.1 Å². The lowest BCUT2D eigenvalue weighted by Gasteiger charge is -2.42. The van der Waals surface area contributed by atoms with E-state index in [-0.39, 0.29) is 29.5 Å². The monoisotopic (exact) mass is 556 g/mol. The number of aromatic nitrogens is 3. The van der Waals surface area contributed by atoms with E-state index < -0.39 is 5.76 Å². The van der Waals surface area contributed by atoms with Crippen molar-refractivity contribution in [2.45, 2.75) is 32.7 Å². The highest BCUT2D eigenvalue weighted by molar-refractivity contribution is 6.09. The smallest absolute Gasteiger partial charge is 0.419 e. The first-order valence-electron chi connectivity index (χ1n) is 13.7. The van der Waals surface area contributed by atoms with Gasteiger partial charge in [-0.05, 0) is 67.1 Å². The SMILES string of the molecule is COc1ccc2c(c1)CCN(C1CCN(c3cc(C(=O)c4cc(C)c5c(c4)oc(=O)n5C)ncn3)CC1C)C(=O)N2. The molecule has 1 N–H and O–H groups in total. The van der Waals surface area contributed by atoms with Crippen LogP contribution in [0, 0.1) is 12.8 Å². The van der Waals surface area contributed by atoms with Crippen molar-refractivity contribution in [1.29, 1.82) is 0 Å². The molecule has 0 bridgehead atoms. The molecule has 11 heteroatoms. The van der Waals surface area contributed by atoms with Crippen molar-refractivity contribution in [3.05, 3.63) is 75.7 Å². The van der Waals surface area contributed by atoms with Crippen LogP contribution in [-0.4, -0.2) is 64.0 Å². The number of ketones is 1. The van der Waals surface area contributed by atoms with Crippen molar-refractivity contribution in [2.75, 3.05) is 37.0 Å². The number of fused-ring (bicyclic) bond motifs is 2. The van der Waals surface area contributed by atoms with E-state index in [0.29, 0.717) is 42.1 Å². The maximum atomic E-state index is 13.4. The molecule has 2 unspecified atom stereocenters. The zero-order valence-corrected chi connectivity index (χ0v) is 23.5. The second-order valence-electron chi connectivity index (χ2n) is 10.8. The highest BCUT2D eigenvalue weighted by Crippen LogP contribution is 2.31. The number of nitrogens with zero attached hydrogens (tertiary/aromatic N) is 5. The standard InChI is InChI=1S/C30H32N6O5/c1-17-11-20(13-25-27(17)34(3)30(39)41-25)28(37)23-14-26(32-16-31-23)35-9-8-24(18(2)15-35)36-10-7-19-12-21(40-4)5-6-22(19)33-29(36)38/h5-6,11-14,16,18,24H,7-10,15H2,1-4H3,(H,33,38). The molecule has 0 aliphatic carbocycles. The van der Waals surface area contributed by atoms with E-state index in [9.17, 15) is 14.4 Å². The van der Waals surface area contributed by atoms with Gasteiger partial charge in [0.15, 0.2) is 5.58 Å². The summed E-state index contributed by atoms with van der Waals surface area (Å²) in [4.78, 5) is 51.4. The Labute approximate surface area is 236 Å². The third-order valence-electron chi connectivity index (χ3n) is 8.24. The molecule has 11 nitrogen and oxygen atoms in total. The fourth-order valence-electron chi connectivity index (χ4n) is 6.11. The van der Waals surface area contributed by atoms with Crippen LogP contribution in [0.2, 0.25) is 0 Å². The summed E-state index contributed by atoms with van der Waals surface area (Å²) in [5.74, 6) is 0.864. The molecular formula is C30H32N6O5. The summed E-state index contributed by atoms with van der Waals surface area (Å²) in [6.07, 6.45) is 2.92. The van der Waals surface area contributed by atoms with E-state index in [1.807, 2.05) is 30.0 Å². The molecular weight excluding hydrogens is 524 g/mol. The lowest BCUT2D eigenvalue weighted by molar-refractivity contribution is 0.103. The van der Waals surface area contributed by atoms with Crippen LogP contribution in [0.15, 0.2) is 51.9 Å². The number of rotatable bonds is 5. The number of nitrogens with one attached hydrogen (secondary N) is 1. The normalized spacial score (nSPS) is 19.1. The number of aryl methyl sites for hydroxylation is 2. The molecule has 2 atom stereocenters. The van der Waals surface area contributed by atoms with Gasteiger partial charge in [-0.1, -0.05) is 6.92 Å². The molecule has 1 saturated heterocycles. The number of amides is 2. The van der Waals surface area contributed by atoms with Crippen LogP contribution in [0.4, 0.5) is 16.3 Å². The molecule has 6 rings (SSSR count). The summed E-state index contributed by atoms with van der Waals surface area (Å²) in [5, 5.41) is 3.07. The fraction of sp³-hybridized carbons (Fsp3) is 0.367. The lowest BCUT2D eigenvalue weighted by Crippen LogP contribution is -2.53. The van der Waals surface area contributed by atoms with Crippen LogP contribution in [0.1, 0.15) is 40.5 Å². The van der Waals surface area contributed by atoms with Crippen LogP contribution < -0.4 is 20.7 Å². The molecule has 0 spiro atoms. The number of carbonyl (C=O) groups is 2. The predicted octanol–water partition coefficient (Wildman–Crippen LogP) is 3.77. The van der Waals surface area contributed by atoms with Gasteiger partial charge in [-0.15, -0.1) is 0 Å². The van der Waals surface area contributed by atoms with E-state index in [0.717, 1.165) is 35.4 Å². The third kappa shape index (κ3) is 4.81. The van der Waals surface area contributed by atoms with Crippen molar-refractivity contribution in [3.8, 4) is 5.75 Å². The Balaban J connectivity index is 1.17. The number of urea groups is 1. The molecule has 0 radical (unpaired) electrons. The van der Waals surface area contributed by atoms with Gasteiger partial charge in [0.05, 0.1) is 12.6 Å². The van der Waals surface area contributed by atoms with Gasteiger partial charge in [-0.3, -0.25) is 9.36 Å². The second-order valence-corrected chi connectivity index (χ2v) is 10.8. The third-order valence-corrected chi connectivity index (χ3v) is 8.24. The highest BCUT2D eigenvalue weighted by atomic mass is 16.5. The summed E-state index contributed by atoms with van der Waals surface area (Å²) in [6.45, 7) is 5.97. The van der Waals surface area contributed by atoms with Crippen LogP contribution in [0.3, 0.4) is 0 Å². The topological polar surface area (TPSA) is 123 Å². The average molecular weight is 557 g/mol. The van der Waals surface area contributed by atoms with Gasteiger partial charge in [0, 0.05) is 50.0 Å². The minimum atomic E-state index is -0.475. The molecule has 2 amide bonds. The molecule has 0 saturated carbocycles. The van der Waals surface area contributed by atoms with Crippen LogP contribution >= 0.6 is 0 Å². The molecule has 41 heavy (non-hydrogen) atoms. The summed E-state index contributed by atoms with van der Waals surface area (Å²) < 4.78 is 12.1. The largest absolute Gasteiger partial charge is 0.497 e. The molecule has 2 aliphatic rings. The van der Waals surface area contributed by atoms with E-state index in [1.54, 1.807) is 32.4 Å². The molecule has 2 aromatic heterocycles. The summed E-state index contributed by atoms with van der Waals surface area (Å²) in [5.41, 5.74) is 4.34. The minimum Gasteiger partial charge on any atom is -0.497 e. The summed E-state index contributed by atoms with van der Waals surface area (Å²) >= 11 is 0. The van der Waals surface area contributed by atoms with Crippen molar-refractivity contribution in [3.63, 3.8) is 0 Å². The van der Waals surface area contributed by atoms with Gasteiger partial charge in [-0.2, -0.15) is 0 Å². The highest BCUT2D eigenvalue weighted by Gasteiger charge is 2.35. The Hall–Kier alpha value is -4.67.